The van der Waals surface area contributed by atoms with Crippen molar-refractivity contribution in [3.8, 4) is 11.8 Å². The molecule has 0 aliphatic carbocycles. The van der Waals surface area contributed by atoms with Crippen molar-refractivity contribution in [2.75, 3.05) is 5.32 Å². The largest absolute Gasteiger partial charge is 0.381 e. The van der Waals surface area contributed by atoms with E-state index in [-0.39, 0.29) is 18.5 Å². The first kappa shape index (κ1) is 23.5. The van der Waals surface area contributed by atoms with Gasteiger partial charge in [-0.05, 0) is 30.3 Å². The van der Waals surface area contributed by atoms with Crippen LogP contribution in [0.4, 0.5) is 14.5 Å². The first-order valence-electron chi connectivity index (χ1n) is 10.2. The number of aromatic nitrogens is 6. The molecule has 4 rings (SSSR count). The SMILES string of the molecule is N#CCC(=O)Nc1ccc(-n2cnn(CC(O)(Cn3cncn3)c3ccc(F)cc3F)c2=O)cc1. The minimum atomic E-state index is -2.02. The van der Waals surface area contributed by atoms with E-state index in [4.69, 9.17) is 5.26 Å². The van der Waals surface area contributed by atoms with Crippen LogP contribution in [0.5, 0.6) is 0 Å². The number of carbonyl (C=O) groups excluding carboxylic acids is 1. The van der Waals surface area contributed by atoms with Crippen molar-refractivity contribution in [3.63, 3.8) is 0 Å². The average Bonchev–Trinajstić information content (AvgIpc) is 3.44. The van der Waals surface area contributed by atoms with Gasteiger partial charge in [0.2, 0.25) is 5.91 Å². The predicted molar refractivity (Wildman–Crippen MR) is 117 cm³/mol. The maximum Gasteiger partial charge on any atom is 0.350 e. The zero-order valence-corrected chi connectivity index (χ0v) is 18.0. The summed E-state index contributed by atoms with van der Waals surface area (Å²) in [6.07, 6.45) is 3.47. The van der Waals surface area contributed by atoms with Gasteiger partial charge in [0, 0.05) is 17.3 Å². The summed E-state index contributed by atoms with van der Waals surface area (Å²) in [4.78, 5) is 28.4. The lowest BCUT2D eigenvalue weighted by atomic mass is 9.93. The van der Waals surface area contributed by atoms with E-state index in [1.54, 1.807) is 30.3 Å². The van der Waals surface area contributed by atoms with Gasteiger partial charge >= 0.3 is 5.69 Å². The van der Waals surface area contributed by atoms with E-state index in [0.717, 1.165) is 16.8 Å². The van der Waals surface area contributed by atoms with E-state index in [2.05, 4.69) is 20.5 Å². The molecule has 0 bridgehead atoms. The summed E-state index contributed by atoms with van der Waals surface area (Å²) in [5, 5.41) is 30.5. The lowest BCUT2D eigenvalue weighted by Gasteiger charge is -2.28. The molecule has 4 aromatic rings. The second-order valence-corrected chi connectivity index (χ2v) is 7.62. The molecule has 0 saturated carbocycles. The van der Waals surface area contributed by atoms with Gasteiger partial charge in [-0.15, -0.1) is 0 Å². The Morgan fingerprint density at radius 3 is 2.54 bits per heavy atom. The van der Waals surface area contributed by atoms with Crippen molar-refractivity contribution in [2.45, 2.75) is 25.1 Å². The Labute approximate surface area is 196 Å². The quantitative estimate of drug-likeness (QED) is 0.387. The second-order valence-electron chi connectivity index (χ2n) is 7.62. The number of nitrogens with one attached hydrogen (secondary N) is 1. The summed E-state index contributed by atoms with van der Waals surface area (Å²) >= 11 is 0. The fourth-order valence-corrected chi connectivity index (χ4v) is 3.52. The van der Waals surface area contributed by atoms with Crippen molar-refractivity contribution in [3.05, 3.63) is 89.1 Å². The molecule has 178 valence electrons. The molecular weight excluding hydrogens is 462 g/mol. The van der Waals surface area contributed by atoms with Gasteiger partial charge in [0.05, 0.1) is 24.8 Å². The van der Waals surface area contributed by atoms with Gasteiger partial charge in [0.1, 0.15) is 42.6 Å². The van der Waals surface area contributed by atoms with E-state index in [1.807, 2.05) is 0 Å². The number of halogens is 2. The van der Waals surface area contributed by atoms with E-state index < -0.39 is 35.4 Å². The van der Waals surface area contributed by atoms with Crippen LogP contribution >= 0.6 is 0 Å². The molecule has 1 unspecified atom stereocenters. The molecule has 2 aromatic heterocycles. The molecule has 2 aromatic carbocycles. The summed E-state index contributed by atoms with van der Waals surface area (Å²) < 4.78 is 31.5. The van der Waals surface area contributed by atoms with E-state index in [9.17, 15) is 23.5 Å². The topological polar surface area (TPSA) is 144 Å². The normalized spacial score (nSPS) is 12.6. The molecular formula is C22H18F2N8O3. The van der Waals surface area contributed by atoms with E-state index >= 15 is 0 Å². The Hall–Kier alpha value is -4.70. The molecule has 0 aliphatic heterocycles. The molecule has 35 heavy (non-hydrogen) atoms. The first-order chi connectivity index (χ1) is 16.8. The molecule has 2 heterocycles. The standard InChI is InChI=1S/C22H18F2N8O3/c23-15-1-6-18(19(24)9-15)22(35,10-30-13-26-12-27-30)11-32-21(34)31(14-28-32)17-4-2-16(3-5-17)29-20(33)7-8-25/h1-6,9,12-14,35H,7,10-11H2,(H,29,33). The van der Waals surface area contributed by atoms with Crippen LogP contribution in [0.3, 0.4) is 0 Å². The number of nitrogens with zero attached hydrogens (tertiary/aromatic N) is 7. The van der Waals surface area contributed by atoms with Gasteiger partial charge in [-0.3, -0.25) is 4.79 Å². The molecule has 0 spiro atoms. The molecule has 0 fully saturated rings. The number of amides is 1. The third-order valence-electron chi connectivity index (χ3n) is 5.14. The van der Waals surface area contributed by atoms with Crippen LogP contribution in [0.15, 0.2) is 66.2 Å². The van der Waals surface area contributed by atoms with Gasteiger partial charge in [0.25, 0.3) is 0 Å². The van der Waals surface area contributed by atoms with Crippen molar-refractivity contribution in [1.82, 2.24) is 29.1 Å². The highest BCUT2D eigenvalue weighted by molar-refractivity contribution is 5.92. The molecule has 0 aliphatic rings. The first-order valence-corrected chi connectivity index (χ1v) is 10.2. The molecule has 1 amide bonds. The number of aliphatic hydroxyl groups is 1. The monoisotopic (exact) mass is 480 g/mol. The minimum absolute atomic E-state index is 0.242. The third-order valence-corrected chi connectivity index (χ3v) is 5.14. The second kappa shape index (κ2) is 9.65. The highest BCUT2D eigenvalue weighted by Gasteiger charge is 2.35. The van der Waals surface area contributed by atoms with Gasteiger partial charge in [-0.1, -0.05) is 6.07 Å². The van der Waals surface area contributed by atoms with Gasteiger partial charge < -0.3 is 10.4 Å². The molecule has 0 saturated heterocycles. The molecule has 0 radical (unpaired) electrons. The zero-order valence-electron chi connectivity index (χ0n) is 18.0. The van der Waals surface area contributed by atoms with Gasteiger partial charge in [-0.25, -0.2) is 32.5 Å². The van der Waals surface area contributed by atoms with Crippen molar-refractivity contribution in [2.24, 2.45) is 0 Å². The van der Waals surface area contributed by atoms with Crippen LogP contribution in [0.1, 0.15) is 12.0 Å². The Balaban J connectivity index is 1.63. The summed E-state index contributed by atoms with van der Waals surface area (Å²) in [6.45, 7) is -0.754. The van der Waals surface area contributed by atoms with Crippen LogP contribution in [0.2, 0.25) is 0 Å². The van der Waals surface area contributed by atoms with Gasteiger partial charge in [-0.2, -0.15) is 15.5 Å². The molecule has 13 heteroatoms. The predicted octanol–water partition coefficient (Wildman–Crippen LogP) is 1.34. The zero-order chi connectivity index (χ0) is 25.0. The molecule has 11 nitrogen and oxygen atoms in total. The van der Waals surface area contributed by atoms with Crippen molar-refractivity contribution in [1.29, 1.82) is 5.26 Å². The number of rotatable bonds is 8. The third kappa shape index (κ3) is 5.12. The van der Waals surface area contributed by atoms with E-state index in [1.165, 1.54) is 28.2 Å². The number of hydrogen-bond donors (Lipinski definition) is 2. The summed E-state index contributed by atoms with van der Waals surface area (Å²) in [5.74, 6) is -2.28. The van der Waals surface area contributed by atoms with Crippen LogP contribution < -0.4 is 11.0 Å². The number of nitriles is 1. The smallest absolute Gasteiger partial charge is 0.350 e. The Kier molecular flexibility index (Phi) is 6.47. The van der Waals surface area contributed by atoms with Crippen LogP contribution in [-0.4, -0.2) is 40.1 Å². The number of benzene rings is 2. The van der Waals surface area contributed by atoms with Crippen LogP contribution in [0.25, 0.3) is 5.69 Å². The number of anilines is 1. The summed E-state index contributed by atoms with van der Waals surface area (Å²) in [5.41, 5.74) is -2.06. The van der Waals surface area contributed by atoms with Crippen LogP contribution in [-0.2, 0) is 23.5 Å². The number of carbonyl (C=O) groups is 1. The number of hydrogen-bond acceptors (Lipinski definition) is 7. The Morgan fingerprint density at radius 1 is 1.11 bits per heavy atom. The lowest BCUT2D eigenvalue weighted by molar-refractivity contribution is -0.115. The van der Waals surface area contributed by atoms with E-state index in [0.29, 0.717) is 17.4 Å². The molecule has 2 N–H and O–H groups in total. The summed E-state index contributed by atoms with van der Waals surface area (Å²) in [7, 11) is 0. The Bertz CT molecular complexity index is 1440. The maximum atomic E-state index is 14.6. The maximum absolute atomic E-state index is 14.6. The fourth-order valence-electron chi connectivity index (χ4n) is 3.52. The highest BCUT2D eigenvalue weighted by Crippen LogP contribution is 2.28. The fraction of sp³-hybridized carbons (Fsp3) is 0.182. The minimum Gasteiger partial charge on any atom is -0.381 e. The lowest BCUT2D eigenvalue weighted by Crippen LogP contribution is -2.41. The molecule has 1 atom stereocenters. The van der Waals surface area contributed by atoms with Crippen LogP contribution in [0, 0.1) is 23.0 Å². The van der Waals surface area contributed by atoms with Crippen molar-refractivity contribution < 1.29 is 18.7 Å². The van der Waals surface area contributed by atoms with Crippen molar-refractivity contribution >= 4 is 11.6 Å². The summed E-state index contributed by atoms with van der Waals surface area (Å²) in [6, 6.07) is 10.7. The Morgan fingerprint density at radius 2 is 1.89 bits per heavy atom. The van der Waals surface area contributed by atoms with Gasteiger partial charge in [0.15, 0.2) is 0 Å². The average molecular weight is 480 g/mol. The highest BCUT2D eigenvalue weighted by atomic mass is 19.1.